The molecular formula is C19H15ClFN3O2. The molecule has 1 amide bonds. The summed E-state index contributed by atoms with van der Waals surface area (Å²) in [5.41, 5.74) is 0.0787. The molecule has 2 aromatic carbocycles. The van der Waals surface area contributed by atoms with Gasteiger partial charge in [-0.1, -0.05) is 35.9 Å². The Labute approximate surface area is 153 Å². The van der Waals surface area contributed by atoms with Gasteiger partial charge in [0.2, 0.25) is 0 Å². The number of aromatic amines is 1. The maximum absolute atomic E-state index is 14.2. The predicted molar refractivity (Wildman–Crippen MR) is 96.7 cm³/mol. The summed E-state index contributed by atoms with van der Waals surface area (Å²) in [4.78, 5) is 26.7. The van der Waals surface area contributed by atoms with Crippen LogP contribution in [0.3, 0.4) is 0 Å². The van der Waals surface area contributed by atoms with E-state index in [1.54, 1.807) is 35.2 Å². The molecule has 0 saturated heterocycles. The Kier molecular flexibility index (Phi) is 4.20. The third kappa shape index (κ3) is 2.97. The van der Waals surface area contributed by atoms with E-state index in [0.29, 0.717) is 10.8 Å². The van der Waals surface area contributed by atoms with E-state index in [9.17, 15) is 14.0 Å². The number of halogens is 2. The van der Waals surface area contributed by atoms with Gasteiger partial charge in [-0.3, -0.25) is 9.59 Å². The SMILES string of the molecule is O=C(c1n[nH]c(=O)c2ccccc12)N(Cc1c(F)cccc1Cl)C1CC1. The minimum Gasteiger partial charge on any atom is -0.330 e. The van der Waals surface area contributed by atoms with Gasteiger partial charge in [0.05, 0.1) is 11.9 Å². The van der Waals surface area contributed by atoms with E-state index < -0.39 is 5.82 Å². The molecule has 26 heavy (non-hydrogen) atoms. The molecule has 1 aromatic heterocycles. The van der Waals surface area contributed by atoms with Crippen molar-refractivity contribution in [3.8, 4) is 0 Å². The number of carbonyl (C=O) groups is 1. The van der Waals surface area contributed by atoms with Gasteiger partial charge < -0.3 is 4.90 Å². The smallest absolute Gasteiger partial charge is 0.275 e. The highest BCUT2D eigenvalue weighted by Gasteiger charge is 2.35. The molecule has 0 radical (unpaired) electrons. The summed E-state index contributed by atoms with van der Waals surface area (Å²) in [7, 11) is 0. The van der Waals surface area contributed by atoms with E-state index in [1.165, 1.54) is 12.1 Å². The number of rotatable bonds is 4. The fourth-order valence-corrected chi connectivity index (χ4v) is 3.24. The molecule has 5 nitrogen and oxygen atoms in total. The van der Waals surface area contributed by atoms with Gasteiger partial charge in [0.25, 0.3) is 11.5 Å². The molecule has 1 aliphatic rings. The van der Waals surface area contributed by atoms with Crippen LogP contribution >= 0.6 is 11.6 Å². The van der Waals surface area contributed by atoms with Gasteiger partial charge in [0.15, 0.2) is 5.69 Å². The van der Waals surface area contributed by atoms with Crippen LogP contribution in [0.5, 0.6) is 0 Å². The monoisotopic (exact) mass is 371 g/mol. The maximum Gasteiger partial charge on any atom is 0.275 e. The lowest BCUT2D eigenvalue weighted by atomic mass is 10.1. The fraction of sp³-hybridized carbons (Fsp3) is 0.211. The lowest BCUT2D eigenvalue weighted by molar-refractivity contribution is 0.0723. The topological polar surface area (TPSA) is 66.1 Å². The number of nitrogens with one attached hydrogen (secondary N) is 1. The summed E-state index contributed by atoms with van der Waals surface area (Å²) in [5, 5.41) is 7.49. The number of hydrogen-bond acceptors (Lipinski definition) is 3. The molecule has 1 heterocycles. The zero-order chi connectivity index (χ0) is 18.3. The van der Waals surface area contributed by atoms with Crippen LogP contribution in [0, 0.1) is 5.82 Å². The molecule has 1 saturated carbocycles. The normalized spacial score (nSPS) is 13.8. The first kappa shape index (κ1) is 16.7. The molecule has 0 unspecified atom stereocenters. The number of amides is 1. The lowest BCUT2D eigenvalue weighted by Crippen LogP contribution is -2.34. The van der Waals surface area contributed by atoms with Gasteiger partial charge in [0, 0.05) is 22.0 Å². The molecule has 1 fully saturated rings. The molecule has 0 bridgehead atoms. The van der Waals surface area contributed by atoms with Gasteiger partial charge in [-0.15, -0.1) is 0 Å². The largest absolute Gasteiger partial charge is 0.330 e. The lowest BCUT2D eigenvalue weighted by Gasteiger charge is -2.23. The molecule has 7 heteroatoms. The quantitative estimate of drug-likeness (QED) is 0.763. The van der Waals surface area contributed by atoms with Crippen molar-refractivity contribution in [2.45, 2.75) is 25.4 Å². The van der Waals surface area contributed by atoms with Gasteiger partial charge in [-0.25, -0.2) is 9.49 Å². The third-order valence-electron chi connectivity index (χ3n) is 4.54. The molecule has 0 aliphatic heterocycles. The van der Waals surface area contributed by atoms with Crippen LogP contribution in [0.1, 0.15) is 28.9 Å². The van der Waals surface area contributed by atoms with Crippen molar-refractivity contribution < 1.29 is 9.18 Å². The molecular weight excluding hydrogens is 357 g/mol. The first-order valence-corrected chi connectivity index (χ1v) is 8.65. The fourth-order valence-electron chi connectivity index (χ4n) is 3.02. The van der Waals surface area contributed by atoms with Crippen LogP contribution in [-0.4, -0.2) is 27.0 Å². The first-order valence-electron chi connectivity index (χ1n) is 8.27. The minimum absolute atomic E-state index is 0.0191. The first-order chi connectivity index (χ1) is 12.6. The van der Waals surface area contributed by atoms with Crippen LogP contribution in [0.25, 0.3) is 10.8 Å². The molecule has 1 aliphatic carbocycles. The summed E-state index contributed by atoms with van der Waals surface area (Å²) in [6.45, 7) is 0.0597. The van der Waals surface area contributed by atoms with E-state index >= 15 is 0 Å². The number of H-pyrrole nitrogens is 1. The summed E-state index contributed by atoms with van der Waals surface area (Å²) in [5.74, 6) is -0.797. The Balaban J connectivity index is 1.76. The summed E-state index contributed by atoms with van der Waals surface area (Å²) < 4.78 is 14.2. The molecule has 132 valence electrons. The van der Waals surface area contributed by atoms with E-state index in [1.807, 2.05) is 0 Å². The number of fused-ring (bicyclic) bond motifs is 1. The molecule has 4 rings (SSSR count). The van der Waals surface area contributed by atoms with Crippen LogP contribution in [0.4, 0.5) is 4.39 Å². The zero-order valence-corrected chi connectivity index (χ0v) is 14.5. The van der Waals surface area contributed by atoms with Crippen molar-refractivity contribution in [1.29, 1.82) is 0 Å². The average Bonchev–Trinajstić information content (AvgIpc) is 3.47. The van der Waals surface area contributed by atoms with Gasteiger partial charge in [0.1, 0.15) is 5.82 Å². The molecule has 3 aromatic rings. The van der Waals surface area contributed by atoms with Gasteiger partial charge in [-0.2, -0.15) is 5.10 Å². The standard InChI is InChI=1S/C19H15ClFN3O2/c20-15-6-3-7-16(21)14(15)10-24(11-8-9-11)19(26)17-12-4-1-2-5-13(12)18(25)23-22-17/h1-7,11H,8-10H2,(H,23,25). The molecule has 1 N–H and O–H groups in total. The summed E-state index contributed by atoms with van der Waals surface area (Å²) in [6.07, 6.45) is 1.69. The number of aromatic nitrogens is 2. The van der Waals surface area contributed by atoms with Crippen LogP contribution in [-0.2, 0) is 6.54 Å². The Bertz CT molecular complexity index is 1040. The highest BCUT2D eigenvalue weighted by molar-refractivity contribution is 6.31. The molecule has 0 atom stereocenters. The Hall–Kier alpha value is -2.73. The highest BCUT2D eigenvalue weighted by Crippen LogP contribution is 2.32. The van der Waals surface area contributed by atoms with Crippen LogP contribution in [0.2, 0.25) is 5.02 Å². The number of nitrogens with zero attached hydrogens (tertiary/aromatic N) is 2. The Morgan fingerprint density at radius 3 is 2.62 bits per heavy atom. The van der Waals surface area contributed by atoms with E-state index in [-0.39, 0.29) is 40.3 Å². The Morgan fingerprint density at radius 1 is 1.19 bits per heavy atom. The van der Waals surface area contributed by atoms with Gasteiger partial charge in [-0.05, 0) is 31.0 Å². The van der Waals surface area contributed by atoms with Crippen LogP contribution in [0.15, 0.2) is 47.3 Å². The van der Waals surface area contributed by atoms with E-state index in [2.05, 4.69) is 10.2 Å². The van der Waals surface area contributed by atoms with Crippen molar-refractivity contribution in [2.75, 3.05) is 0 Å². The second-order valence-electron chi connectivity index (χ2n) is 6.31. The van der Waals surface area contributed by atoms with Crippen LogP contribution < -0.4 is 5.56 Å². The van der Waals surface area contributed by atoms with Crippen molar-refractivity contribution in [3.05, 3.63) is 74.9 Å². The summed E-state index contributed by atoms with van der Waals surface area (Å²) in [6, 6.07) is 11.3. The highest BCUT2D eigenvalue weighted by atomic mass is 35.5. The number of benzene rings is 2. The van der Waals surface area contributed by atoms with E-state index in [0.717, 1.165) is 12.8 Å². The second kappa shape index (κ2) is 6.53. The average molecular weight is 372 g/mol. The summed E-state index contributed by atoms with van der Waals surface area (Å²) >= 11 is 6.12. The maximum atomic E-state index is 14.2. The van der Waals surface area contributed by atoms with Gasteiger partial charge >= 0.3 is 0 Å². The number of carbonyl (C=O) groups excluding carboxylic acids is 1. The number of hydrogen-bond donors (Lipinski definition) is 1. The molecule has 0 spiro atoms. The van der Waals surface area contributed by atoms with Crippen molar-refractivity contribution in [3.63, 3.8) is 0 Å². The zero-order valence-electron chi connectivity index (χ0n) is 13.7. The Morgan fingerprint density at radius 2 is 1.92 bits per heavy atom. The predicted octanol–water partition coefficient (Wildman–Crippen LogP) is 3.52. The van der Waals surface area contributed by atoms with Crippen molar-refractivity contribution in [2.24, 2.45) is 0 Å². The van der Waals surface area contributed by atoms with Crippen molar-refractivity contribution in [1.82, 2.24) is 15.1 Å². The van der Waals surface area contributed by atoms with E-state index in [4.69, 9.17) is 11.6 Å². The minimum atomic E-state index is -0.449. The van der Waals surface area contributed by atoms with Crippen molar-refractivity contribution >= 4 is 28.3 Å². The third-order valence-corrected chi connectivity index (χ3v) is 4.89. The second-order valence-corrected chi connectivity index (χ2v) is 6.72.